The van der Waals surface area contributed by atoms with Crippen molar-refractivity contribution in [1.82, 2.24) is 10.2 Å². The highest BCUT2D eigenvalue weighted by Gasteiger charge is 2.18. The highest BCUT2D eigenvalue weighted by molar-refractivity contribution is 5.76. The Morgan fingerprint density at radius 3 is 2.64 bits per heavy atom. The molecule has 1 fully saturated rings. The molecule has 3 heteroatoms. The Labute approximate surface area is 86.9 Å². The third kappa shape index (κ3) is 3.29. The largest absolute Gasteiger partial charge is 0.343 e. The van der Waals surface area contributed by atoms with Crippen LogP contribution in [0.25, 0.3) is 0 Å². The number of amides is 1. The quantitative estimate of drug-likeness (QED) is 0.737. The van der Waals surface area contributed by atoms with E-state index in [0.29, 0.717) is 11.8 Å². The molecule has 0 aromatic rings. The molecule has 1 aliphatic rings. The molecule has 0 unspecified atom stereocenters. The molecule has 14 heavy (non-hydrogen) atoms. The Kier molecular flexibility index (Phi) is 4.94. The number of hydrogen-bond acceptors (Lipinski definition) is 2. The van der Waals surface area contributed by atoms with E-state index < -0.39 is 0 Å². The summed E-state index contributed by atoms with van der Waals surface area (Å²) in [7, 11) is 0. The van der Waals surface area contributed by atoms with Crippen LogP contribution in [0.4, 0.5) is 0 Å². The molecule has 0 aliphatic carbocycles. The summed E-state index contributed by atoms with van der Waals surface area (Å²) in [5, 5.41) is 3.34. The predicted molar refractivity (Wildman–Crippen MR) is 58.1 cm³/mol. The van der Waals surface area contributed by atoms with Gasteiger partial charge in [-0.1, -0.05) is 0 Å². The van der Waals surface area contributed by atoms with Crippen molar-refractivity contribution in [3.05, 3.63) is 0 Å². The van der Waals surface area contributed by atoms with Crippen molar-refractivity contribution >= 4 is 5.91 Å². The lowest BCUT2D eigenvalue weighted by atomic mass is 9.95. The molecule has 1 aliphatic heterocycles. The molecule has 1 amide bonds. The number of hydrogen-bond donors (Lipinski definition) is 1. The maximum atomic E-state index is 11.8. The van der Waals surface area contributed by atoms with Gasteiger partial charge in [-0.3, -0.25) is 4.79 Å². The lowest BCUT2D eigenvalue weighted by Gasteiger charge is -2.25. The first-order chi connectivity index (χ1) is 6.77. The fourth-order valence-electron chi connectivity index (χ4n) is 2.05. The topological polar surface area (TPSA) is 32.3 Å². The second-order valence-corrected chi connectivity index (χ2v) is 3.98. The number of carbonyl (C=O) groups excluding carboxylic acids is 1. The Hall–Kier alpha value is -0.570. The van der Waals surface area contributed by atoms with Crippen molar-refractivity contribution in [2.75, 3.05) is 26.2 Å². The van der Waals surface area contributed by atoms with E-state index in [-0.39, 0.29) is 0 Å². The summed E-state index contributed by atoms with van der Waals surface area (Å²) in [6, 6.07) is 0. The van der Waals surface area contributed by atoms with Crippen LogP contribution >= 0.6 is 0 Å². The lowest BCUT2D eigenvalue weighted by Crippen LogP contribution is -2.36. The second kappa shape index (κ2) is 6.02. The summed E-state index contributed by atoms with van der Waals surface area (Å²) in [6.45, 7) is 7.91. The van der Waals surface area contributed by atoms with Gasteiger partial charge in [0.1, 0.15) is 0 Å². The van der Waals surface area contributed by atoms with Crippen molar-refractivity contribution in [1.29, 1.82) is 0 Å². The van der Waals surface area contributed by atoms with Gasteiger partial charge in [0.05, 0.1) is 0 Å². The summed E-state index contributed by atoms with van der Waals surface area (Å²) in [4.78, 5) is 13.7. The molecule has 0 aromatic carbocycles. The van der Waals surface area contributed by atoms with E-state index in [1.165, 1.54) is 12.8 Å². The normalized spacial score (nSPS) is 22.0. The standard InChI is InChI=1S/C11H22N2O/c1-3-13(4-2)11(14)8-10-6-5-7-12-9-10/h10,12H,3-9H2,1-2H3/t10-/m1/s1. The molecule has 0 saturated carbocycles. The molecule has 0 aromatic heterocycles. The van der Waals surface area contributed by atoms with E-state index in [9.17, 15) is 4.79 Å². The number of nitrogens with zero attached hydrogens (tertiary/aromatic N) is 1. The van der Waals surface area contributed by atoms with Crippen LogP contribution in [0, 0.1) is 5.92 Å². The van der Waals surface area contributed by atoms with Gasteiger partial charge in [0, 0.05) is 19.5 Å². The van der Waals surface area contributed by atoms with Crippen LogP contribution in [0.2, 0.25) is 0 Å². The molecule has 1 saturated heterocycles. The third-order valence-electron chi connectivity index (χ3n) is 2.98. The fraction of sp³-hybridized carbons (Fsp3) is 0.909. The summed E-state index contributed by atoms with van der Waals surface area (Å²) in [5.41, 5.74) is 0. The zero-order chi connectivity index (χ0) is 10.4. The minimum absolute atomic E-state index is 0.323. The van der Waals surface area contributed by atoms with Crippen LogP contribution in [0.1, 0.15) is 33.1 Å². The maximum absolute atomic E-state index is 11.8. The van der Waals surface area contributed by atoms with E-state index in [4.69, 9.17) is 0 Å². The smallest absolute Gasteiger partial charge is 0.222 e. The van der Waals surface area contributed by atoms with Crippen LogP contribution in [0.5, 0.6) is 0 Å². The average Bonchev–Trinajstić information content (AvgIpc) is 2.21. The van der Waals surface area contributed by atoms with E-state index in [1.807, 2.05) is 18.7 Å². The van der Waals surface area contributed by atoms with Crippen LogP contribution in [-0.4, -0.2) is 37.0 Å². The molecule has 1 atom stereocenters. The molecule has 1 N–H and O–H groups in total. The molecule has 0 spiro atoms. The van der Waals surface area contributed by atoms with Crippen LogP contribution in [0.15, 0.2) is 0 Å². The maximum Gasteiger partial charge on any atom is 0.222 e. The Morgan fingerprint density at radius 1 is 1.43 bits per heavy atom. The van der Waals surface area contributed by atoms with Crippen molar-refractivity contribution in [3.8, 4) is 0 Å². The van der Waals surface area contributed by atoms with E-state index in [0.717, 1.165) is 32.6 Å². The van der Waals surface area contributed by atoms with Crippen LogP contribution in [0.3, 0.4) is 0 Å². The second-order valence-electron chi connectivity index (χ2n) is 3.98. The first-order valence-electron chi connectivity index (χ1n) is 5.76. The van der Waals surface area contributed by atoms with Crippen molar-refractivity contribution in [2.45, 2.75) is 33.1 Å². The van der Waals surface area contributed by atoms with Gasteiger partial charge in [-0.05, 0) is 45.7 Å². The van der Waals surface area contributed by atoms with Crippen LogP contribution < -0.4 is 5.32 Å². The van der Waals surface area contributed by atoms with E-state index in [1.54, 1.807) is 0 Å². The van der Waals surface area contributed by atoms with Gasteiger partial charge < -0.3 is 10.2 Å². The highest BCUT2D eigenvalue weighted by Crippen LogP contribution is 2.15. The van der Waals surface area contributed by atoms with Gasteiger partial charge >= 0.3 is 0 Å². The average molecular weight is 198 g/mol. The lowest BCUT2D eigenvalue weighted by molar-refractivity contribution is -0.131. The molecular formula is C11H22N2O. The molecule has 1 heterocycles. The number of carbonyl (C=O) groups is 1. The van der Waals surface area contributed by atoms with Crippen molar-refractivity contribution < 1.29 is 4.79 Å². The summed E-state index contributed by atoms with van der Waals surface area (Å²) in [5.74, 6) is 0.889. The number of nitrogens with one attached hydrogen (secondary N) is 1. The first-order valence-corrected chi connectivity index (χ1v) is 5.76. The van der Waals surface area contributed by atoms with Crippen molar-refractivity contribution in [2.24, 2.45) is 5.92 Å². The molecule has 0 radical (unpaired) electrons. The molecule has 1 rings (SSSR count). The Balaban J connectivity index is 2.30. The minimum Gasteiger partial charge on any atom is -0.343 e. The molecule has 82 valence electrons. The predicted octanol–water partition coefficient (Wildman–Crippen LogP) is 1.24. The number of rotatable bonds is 4. The van der Waals surface area contributed by atoms with E-state index in [2.05, 4.69) is 5.32 Å². The summed E-state index contributed by atoms with van der Waals surface area (Å²) >= 11 is 0. The van der Waals surface area contributed by atoms with Gasteiger partial charge in [-0.15, -0.1) is 0 Å². The van der Waals surface area contributed by atoms with Gasteiger partial charge in [-0.2, -0.15) is 0 Å². The Morgan fingerprint density at radius 2 is 2.14 bits per heavy atom. The third-order valence-corrected chi connectivity index (χ3v) is 2.98. The van der Waals surface area contributed by atoms with E-state index >= 15 is 0 Å². The van der Waals surface area contributed by atoms with Gasteiger partial charge in [-0.25, -0.2) is 0 Å². The Bertz CT molecular complexity index is 172. The van der Waals surface area contributed by atoms with Crippen LogP contribution in [-0.2, 0) is 4.79 Å². The summed E-state index contributed by atoms with van der Waals surface area (Å²) < 4.78 is 0. The summed E-state index contributed by atoms with van der Waals surface area (Å²) in [6.07, 6.45) is 3.16. The number of piperidine rings is 1. The molecule has 3 nitrogen and oxygen atoms in total. The first kappa shape index (κ1) is 11.5. The molecule has 0 bridgehead atoms. The van der Waals surface area contributed by atoms with Gasteiger partial charge in [0.25, 0.3) is 0 Å². The zero-order valence-corrected chi connectivity index (χ0v) is 9.38. The van der Waals surface area contributed by atoms with Gasteiger partial charge in [0.15, 0.2) is 0 Å². The van der Waals surface area contributed by atoms with Gasteiger partial charge in [0.2, 0.25) is 5.91 Å². The zero-order valence-electron chi connectivity index (χ0n) is 9.38. The highest BCUT2D eigenvalue weighted by atomic mass is 16.2. The minimum atomic E-state index is 0.323. The fourth-order valence-corrected chi connectivity index (χ4v) is 2.05. The van der Waals surface area contributed by atoms with Crippen molar-refractivity contribution in [3.63, 3.8) is 0 Å². The molecular weight excluding hydrogens is 176 g/mol. The monoisotopic (exact) mass is 198 g/mol. The SMILES string of the molecule is CCN(CC)C(=O)C[C@H]1CCCNC1.